The van der Waals surface area contributed by atoms with E-state index >= 15 is 0 Å². The SMILES string of the molecule is Cc1ccc([C@@H]2CC(=O)NC3=C2C(=O)C[C@@H](c2ccccc2Cl)C3)cc1. The van der Waals surface area contributed by atoms with Crippen LogP contribution in [-0.4, -0.2) is 11.7 Å². The molecule has 2 atom stereocenters. The predicted octanol–water partition coefficient (Wildman–Crippen LogP) is 4.65. The number of carbonyl (C=O) groups excluding carboxylic acids is 2. The average molecular weight is 366 g/mol. The van der Waals surface area contributed by atoms with E-state index in [9.17, 15) is 9.59 Å². The highest BCUT2D eigenvalue weighted by atomic mass is 35.5. The highest BCUT2D eigenvalue weighted by Crippen LogP contribution is 2.43. The quantitative estimate of drug-likeness (QED) is 0.841. The number of hydrogen-bond donors (Lipinski definition) is 1. The maximum absolute atomic E-state index is 13.0. The largest absolute Gasteiger partial charge is 0.329 e. The van der Waals surface area contributed by atoms with Crippen LogP contribution in [0.3, 0.4) is 0 Å². The lowest BCUT2D eigenvalue weighted by atomic mass is 9.73. The molecule has 0 spiro atoms. The van der Waals surface area contributed by atoms with Crippen molar-refractivity contribution in [2.75, 3.05) is 0 Å². The van der Waals surface area contributed by atoms with Crippen LogP contribution >= 0.6 is 11.6 Å². The molecule has 2 aromatic carbocycles. The van der Waals surface area contributed by atoms with Crippen molar-refractivity contribution in [3.05, 3.63) is 81.5 Å². The molecular formula is C22H20ClNO2. The monoisotopic (exact) mass is 365 g/mol. The van der Waals surface area contributed by atoms with Crippen molar-refractivity contribution in [3.63, 3.8) is 0 Å². The molecule has 132 valence electrons. The number of allylic oxidation sites excluding steroid dienone is 2. The van der Waals surface area contributed by atoms with Gasteiger partial charge < -0.3 is 5.32 Å². The first-order chi connectivity index (χ1) is 12.5. The number of ketones is 1. The van der Waals surface area contributed by atoms with Crippen LogP contribution in [0.15, 0.2) is 59.8 Å². The van der Waals surface area contributed by atoms with Crippen molar-refractivity contribution in [3.8, 4) is 0 Å². The first kappa shape index (κ1) is 17.0. The number of halogens is 1. The molecule has 2 aliphatic rings. The highest BCUT2D eigenvalue weighted by Gasteiger charge is 2.38. The van der Waals surface area contributed by atoms with Crippen molar-refractivity contribution < 1.29 is 9.59 Å². The number of rotatable bonds is 2. The third-order valence-corrected chi connectivity index (χ3v) is 5.71. The van der Waals surface area contributed by atoms with Crippen LogP contribution in [0.2, 0.25) is 5.02 Å². The van der Waals surface area contributed by atoms with E-state index in [0.717, 1.165) is 28.0 Å². The van der Waals surface area contributed by atoms with Crippen LogP contribution in [0.1, 0.15) is 47.8 Å². The Kier molecular flexibility index (Phi) is 4.41. The van der Waals surface area contributed by atoms with Gasteiger partial charge in [0.25, 0.3) is 0 Å². The van der Waals surface area contributed by atoms with Crippen LogP contribution in [-0.2, 0) is 9.59 Å². The predicted molar refractivity (Wildman–Crippen MR) is 102 cm³/mol. The summed E-state index contributed by atoms with van der Waals surface area (Å²) < 4.78 is 0. The number of Topliss-reactive ketones (excluding diaryl/α,β-unsaturated/α-hetero) is 1. The lowest BCUT2D eigenvalue weighted by molar-refractivity contribution is -0.122. The number of amides is 1. The summed E-state index contributed by atoms with van der Waals surface area (Å²) in [5, 5.41) is 3.63. The maximum Gasteiger partial charge on any atom is 0.225 e. The normalized spacial score (nSPS) is 22.8. The van der Waals surface area contributed by atoms with Crippen LogP contribution in [0.4, 0.5) is 0 Å². The molecule has 1 aliphatic carbocycles. The van der Waals surface area contributed by atoms with Gasteiger partial charge in [0, 0.05) is 35.1 Å². The number of nitrogens with one attached hydrogen (secondary N) is 1. The van der Waals surface area contributed by atoms with Gasteiger partial charge >= 0.3 is 0 Å². The topological polar surface area (TPSA) is 46.2 Å². The van der Waals surface area contributed by atoms with Gasteiger partial charge in [-0.1, -0.05) is 59.6 Å². The Bertz CT molecular complexity index is 914. The number of hydrogen-bond acceptors (Lipinski definition) is 2. The fourth-order valence-electron chi connectivity index (χ4n) is 4.07. The molecule has 1 amide bonds. The maximum atomic E-state index is 13.0. The van der Waals surface area contributed by atoms with Crippen LogP contribution in [0, 0.1) is 6.92 Å². The second kappa shape index (κ2) is 6.73. The van der Waals surface area contributed by atoms with Gasteiger partial charge in [-0.15, -0.1) is 0 Å². The second-order valence-corrected chi connectivity index (χ2v) is 7.56. The minimum Gasteiger partial charge on any atom is -0.329 e. The minimum absolute atomic E-state index is 0.00650. The molecule has 26 heavy (non-hydrogen) atoms. The Labute approximate surface area is 158 Å². The van der Waals surface area contributed by atoms with Gasteiger partial charge in [-0.3, -0.25) is 9.59 Å². The first-order valence-electron chi connectivity index (χ1n) is 8.90. The van der Waals surface area contributed by atoms with Crippen LogP contribution in [0.5, 0.6) is 0 Å². The van der Waals surface area contributed by atoms with Gasteiger partial charge in [0.05, 0.1) is 0 Å². The first-order valence-corrected chi connectivity index (χ1v) is 9.28. The molecule has 4 rings (SSSR count). The van der Waals surface area contributed by atoms with Crippen molar-refractivity contribution in [2.24, 2.45) is 0 Å². The van der Waals surface area contributed by atoms with Gasteiger partial charge in [-0.2, -0.15) is 0 Å². The van der Waals surface area contributed by atoms with E-state index in [0.29, 0.717) is 24.3 Å². The van der Waals surface area contributed by atoms with Gasteiger partial charge in [0.2, 0.25) is 5.91 Å². The summed E-state index contributed by atoms with van der Waals surface area (Å²) >= 11 is 6.33. The summed E-state index contributed by atoms with van der Waals surface area (Å²) in [5.74, 6) is -0.0604. The smallest absolute Gasteiger partial charge is 0.225 e. The molecule has 0 bridgehead atoms. The summed E-state index contributed by atoms with van der Waals surface area (Å²) in [4.78, 5) is 25.3. The lowest BCUT2D eigenvalue weighted by Crippen LogP contribution is -2.38. The summed E-state index contributed by atoms with van der Waals surface area (Å²) in [5.41, 5.74) is 4.71. The fourth-order valence-corrected chi connectivity index (χ4v) is 4.36. The molecule has 0 saturated heterocycles. The van der Waals surface area contributed by atoms with Gasteiger partial charge in [-0.25, -0.2) is 0 Å². The van der Waals surface area contributed by atoms with Gasteiger partial charge in [0.15, 0.2) is 5.78 Å². The summed E-state index contributed by atoms with van der Waals surface area (Å²) in [6.45, 7) is 2.03. The highest BCUT2D eigenvalue weighted by molar-refractivity contribution is 6.31. The van der Waals surface area contributed by atoms with E-state index in [4.69, 9.17) is 11.6 Å². The molecule has 1 aliphatic heterocycles. The van der Waals surface area contributed by atoms with E-state index in [1.165, 1.54) is 0 Å². The molecule has 0 fully saturated rings. The number of carbonyl (C=O) groups is 2. The van der Waals surface area contributed by atoms with E-state index in [1.807, 2.05) is 55.5 Å². The molecule has 3 nitrogen and oxygen atoms in total. The molecule has 2 aromatic rings. The third-order valence-electron chi connectivity index (χ3n) is 5.36. The molecule has 0 saturated carbocycles. The van der Waals surface area contributed by atoms with Gasteiger partial charge in [-0.05, 0) is 36.5 Å². The molecule has 0 radical (unpaired) electrons. The van der Waals surface area contributed by atoms with E-state index in [1.54, 1.807) is 0 Å². The molecule has 4 heteroatoms. The van der Waals surface area contributed by atoms with Gasteiger partial charge in [0.1, 0.15) is 0 Å². The zero-order valence-electron chi connectivity index (χ0n) is 14.6. The Hall–Kier alpha value is -2.39. The number of aryl methyl sites for hydroxylation is 1. The standard InChI is InChI=1S/C22H20ClNO2/c1-13-6-8-14(9-7-13)17-12-21(26)24-19-10-15(11-20(25)22(17)19)16-4-2-3-5-18(16)23/h2-9,15,17H,10-12H2,1H3,(H,24,26)/t15-,17-/m0/s1. The fraction of sp³-hybridized carbons (Fsp3) is 0.273. The summed E-state index contributed by atoms with van der Waals surface area (Å²) in [7, 11) is 0. The number of benzene rings is 2. The Morgan fingerprint density at radius 3 is 2.42 bits per heavy atom. The summed E-state index contributed by atoms with van der Waals surface area (Å²) in [6.07, 6.45) is 1.39. The zero-order chi connectivity index (χ0) is 18.3. The zero-order valence-corrected chi connectivity index (χ0v) is 15.3. The van der Waals surface area contributed by atoms with E-state index in [-0.39, 0.29) is 23.5 Å². The Balaban J connectivity index is 1.73. The molecule has 1 heterocycles. The van der Waals surface area contributed by atoms with Crippen molar-refractivity contribution in [2.45, 2.75) is 38.0 Å². The van der Waals surface area contributed by atoms with Crippen molar-refractivity contribution >= 4 is 23.3 Å². The molecule has 1 N–H and O–H groups in total. The Morgan fingerprint density at radius 1 is 0.962 bits per heavy atom. The minimum atomic E-state index is -0.154. The van der Waals surface area contributed by atoms with E-state index < -0.39 is 0 Å². The molecular weight excluding hydrogens is 346 g/mol. The Morgan fingerprint density at radius 2 is 1.69 bits per heavy atom. The lowest BCUT2D eigenvalue weighted by Gasteiger charge is -2.34. The van der Waals surface area contributed by atoms with Crippen LogP contribution < -0.4 is 5.32 Å². The average Bonchev–Trinajstić information content (AvgIpc) is 2.61. The third kappa shape index (κ3) is 3.08. The molecule has 0 aromatic heterocycles. The second-order valence-electron chi connectivity index (χ2n) is 7.16. The molecule has 0 unspecified atom stereocenters. The van der Waals surface area contributed by atoms with E-state index in [2.05, 4.69) is 5.32 Å². The van der Waals surface area contributed by atoms with Crippen molar-refractivity contribution in [1.82, 2.24) is 5.32 Å². The summed E-state index contributed by atoms with van der Waals surface area (Å²) in [6, 6.07) is 15.7. The van der Waals surface area contributed by atoms with Crippen LogP contribution in [0.25, 0.3) is 0 Å². The van der Waals surface area contributed by atoms with Crippen molar-refractivity contribution in [1.29, 1.82) is 0 Å².